The second-order valence-corrected chi connectivity index (χ2v) is 7.02. The van der Waals surface area contributed by atoms with Crippen LogP contribution in [0, 0.1) is 0 Å². The molecule has 1 saturated heterocycles. The number of carboxylic acid groups (broad SMARTS) is 1. The van der Waals surface area contributed by atoms with Gasteiger partial charge >= 0.3 is 0 Å². The van der Waals surface area contributed by atoms with Crippen LogP contribution in [0.3, 0.4) is 0 Å². The Morgan fingerprint density at radius 2 is 2.11 bits per heavy atom. The lowest BCUT2D eigenvalue weighted by Gasteiger charge is -2.11. The molecule has 0 spiro atoms. The van der Waals surface area contributed by atoms with Gasteiger partial charge in [0.05, 0.1) is 15.9 Å². The minimum Gasteiger partial charge on any atom is -0.545 e. The number of hydrogen-bond acceptors (Lipinski definition) is 6. The van der Waals surface area contributed by atoms with E-state index in [4.69, 9.17) is 16.0 Å². The molecule has 0 atom stereocenters. The van der Waals surface area contributed by atoms with Gasteiger partial charge in [-0.05, 0) is 55.4 Å². The van der Waals surface area contributed by atoms with E-state index in [9.17, 15) is 14.7 Å². The number of nitrogens with zero attached hydrogens (tertiary/aromatic N) is 2. The molecule has 1 aliphatic rings. The van der Waals surface area contributed by atoms with Crippen LogP contribution in [0.1, 0.15) is 30.0 Å². The van der Waals surface area contributed by atoms with E-state index in [1.54, 1.807) is 23.1 Å². The molecule has 1 aromatic heterocycles. The molecule has 0 aliphatic carbocycles. The van der Waals surface area contributed by atoms with Gasteiger partial charge in [-0.3, -0.25) is 14.7 Å². The monoisotopic (exact) mass is 403 g/mol. The van der Waals surface area contributed by atoms with Crippen molar-refractivity contribution in [2.24, 2.45) is 4.99 Å². The van der Waals surface area contributed by atoms with Gasteiger partial charge in [-0.2, -0.15) is 0 Å². The zero-order valence-electron chi connectivity index (χ0n) is 14.7. The zero-order valence-corrected chi connectivity index (χ0v) is 16.3. The van der Waals surface area contributed by atoms with E-state index in [-0.39, 0.29) is 11.5 Å². The van der Waals surface area contributed by atoms with Gasteiger partial charge in [-0.1, -0.05) is 17.7 Å². The maximum atomic E-state index is 12.5. The van der Waals surface area contributed by atoms with E-state index in [1.807, 2.05) is 13.8 Å². The number of amides is 1. The van der Waals surface area contributed by atoms with Gasteiger partial charge in [0.1, 0.15) is 11.5 Å². The topological polar surface area (TPSA) is 85.9 Å². The molecule has 1 fully saturated rings. The lowest BCUT2D eigenvalue weighted by atomic mass is 10.1. The van der Waals surface area contributed by atoms with Crippen molar-refractivity contribution < 1.29 is 19.1 Å². The quantitative estimate of drug-likeness (QED) is 0.715. The number of aromatic carboxylic acids is 1. The second kappa shape index (κ2) is 8.02. The Labute approximate surface area is 165 Å². The van der Waals surface area contributed by atoms with Crippen molar-refractivity contribution in [1.82, 2.24) is 4.90 Å². The molecular formula is C19H16ClN2O4S-. The third-order valence-corrected chi connectivity index (χ3v) is 5.24. The Morgan fingerprint density at radius 1 is 1.33 bits per heavy atom. The summed E-state index contributed by atoms with van der Waals surface area (Å²) in [5.74, 6) is -0.549. The molecule has 0 saturated carbocycles. The molecule has 2 heterocycles. The van der Waals surface area contributed by atoms with E-state index in [2.05, 4.69) is 4.99 Å². The van der Waals surface area contributed by atoms with Crippen LogP contribution in [0.15, 0.2) is 44.6 Å². The first kappa shape index (κ1) is 19.3. The SMILES string of the molecule is CCN=C1S/C(=C\c2ccc(-c3cc(C(=O)[O-])ccc3Cl)o2)C(=O)N1CC. The Morgan fingerprint density at radius 3 is 2.78 bits per heavy atom. The van der Waals surface area contributed by atoms with Gasteiger partial charge in [0.25, 0.3) is 5.91 Å². The fraction of sp³-hybridized carbons (Fsp3) is 0.211. The molecular weight excluding hydrogens is 388 g/mol. The second-order valence-electron chi connectivity index (χ2n) is 5.60. The number of carbonyl (C=O) groups excluding carboxylic acids is 2. The molecule has 1 aromatic carbocycles. The average Bonchev–Trinajstić information content (AvgIpc) is 3.21. The molecule has 3 rings (SSSR count). The molecule has 1 aliphatic heterocycles. The molecule has 0 radical (unpaired) electrons. The Hall–Kier alpha value is -2.51. The van der Waals surface area contributed by atoms with Gasteiger partial charge in [0.15, 0.2) is 5.17 Å². The minimum atomic E-state index is -1.29. The van der Waals surface area contributed by atoms with Gasteiger partial charge in [0, 0.05) is 24.7 Å². The summed E-state index contributed by atoms with van der Waals surface area (Å²) in [6, 6.07) is 7.62. The highest BCUT2D eigenvalue weighted by molar-refractivity contribution is 8.18. The van der Waals surface area contributed by atoms with Crippen molar-refractivity contribution in [2.75, 3.05) is 13.1 Å². The maximum absolute atomic E-state index is 12.5. The normalized spacial score (nSPS) is 17.3. The van der Waals surface area contributed by atoms with Gasteiger partial charge in [0.2, 0.25) is 0 Å². The summed E-state index contributed by atoms with van der Waals surface area (Å²) < 4.78 is 5.76. The number of furan rings is 1. The average molecular weight is 404 g/mol. The number of aliphatic imine (C=N–C) groups is 1. The number of rotatable bonds is 5. The summed E-state index contributed by atoms with van der Waals surface area (Å²) in [7, 11) is 0. The van der Waals surface area contributed by atoms with E-state index in [0.717, 1.165) is 0 Å². The van der Waals surface area contributed by atoms with Crippen LogP contribution < -0.4 is 5.11 Å². The number of halogens is 1. The van der Waals surface area contributed by atoms with E-state index < -0.39 is 5.97 Å². The van der Waals surface area contributed by atoms with Crippen LogP contribution in [0.4, 0.5) is 0 Å². The smallest absolute Gasteiger partial charge is 0.266 e. The predicted molar refractivity (Wildman–Crippen MR) is 104 cm³/mol. The highest BCUT2D eigenvalue weighted by atomic mass is 35.5. The lowest BCUT2D eigenvalue weighted by molar-refractivity contribution is -0.255. The van der Waals surface area contributed by atoms with Gasteiger partial charge < -0.3 is 14.3 Å². The first-order chi connectivity index (χ1) is 12.9. The highest BCUT2D eigenvalue weighted by Gasteiger charge is 2.32. The predicted octanol–water partition coefficient (Wildman–Crippen LogP) is 3.28. The molecule has 2 aromatic rings. The van der Waals surface area contributed by atoms with Crippen LogP contribution in [0.2, 0.25) is 5.02 Å². The lowest BCUT2D eigenvalue weighted by Crippen LogP contribution is -2.28. The Balaban J connectivity index is 1.92. The first-order valence-corrected chi connectivity index (χ1v) is 9.51. The van der Waals surface area contributed by atoms with Crippen molar-refractivity contribution in [3.05, 3.63) is 51.6 Å². The number of amidine groups is 1. The van der Waals surface area contributed by atoms with Crippen molar-refractivity contribution >= 4 is 46.5 Å². The first-order valence-electron chi connectivity index (χ1n) is 8.31. The molecule has 0 N–H and O–H groups in total. The number of benzene rings is 1. The van der Waals surface area contributed by atoms with Crippen molar-refractivity contribution in [3.63, 3.8) is 0 Å². The number of hydrogen-bond donors (Lipinski definition) is 0. The van der Waals surface area contributed by atoms with E-state index >= 15 is 0 Å². The van der Waals surface area contributed by atoms with Crippen LogP contribution in [0.25, 0.3) is 17.4 Å². The minimum absolute atomic E-state index is 0.00578. The fourth-order valence-corrected chi connectivity index (χ4v) is 3.88. The Bertz CT molecular complexity index is 964. The highest BCUT2D eigenvalue weighted by Crippen LogP contribution is 2.35. The summed E-state index contributed by atoms with van der Waals surface area (Å²) in [5, 5.41) is 12.1. The van der Waals surface area contributed by atoms with Crippen LogP contribution in [0.5, 0.6) is 0 Å². The molecule has 1 amide bonds. The number of thioether (sulfide) groups is 1. The molecule has 140 valence electrons. The molecule has 0 unspecified atom stereocenters. The largest absolute Gasteiger partial charge is 0.545 e. The summed E-state index contributed by atoms with van der Waals surface area (Å²) >= 11 is 7.46. The molecule has 27 heavy (non-hydrogen) atoms. The van der Waals surface area contributed by atoms with Crippen LogP contribution in [-0.4, -0.2) is 35.0 Å². The number of carboxylic acids is 1. The molecule has 8 heteroatoms. The third kappa shape index (κ3) is 3.94. The summed E-state index contributed by atoms with van der Waals surface area (Å²) in [4.78, 5) is 30.0. The zero-order chi connectivity index (χ0) is 19.6. The van der Waals surface area contributed by atoms with Gasteiger partial charge in [-0.15, -0.1) is 0 Å². The molecule has 0 bridgehead atoms. The van der Waals surface area contributed by atoms with Crippen molar-refractivity contribution in [3.8, 4) is 11.3 Å². The number of carbonyl (C=O) groups is 2. The van der Waals surface area contributed by atoms with Crippen LogP contribution in [-0.2, 0) is 4.79 Å². The van der Waals surface area contributed by atoms with Crippen molar-refractivity contribution in [1.29, 1.82) is 0 Å². The van der Waals surface area contributed by atoms with Crippen LogP contribution >= 0.6 is 23.4 Å². The fourth-order valence-electron chi connectivity index (χ4n) is 2.59. The number of likely N-dealkylation sites (N-methyl/N-ethyl adjacent to an activating group) is 1. The van der Waals surface area contributed by atoms with E-state index in [1.165, 1.54) is 30.0 Å². The third-order valence-electron chi connectivity index (χ3n) is 3.87. The van der Waals surface area contributed by atoms with Crippen molar-refractivity contribution in [2.45, 2.75) is 13.8 Å². The van der Waals surface area contributed by atoms with E-state index in [0.29, 0.717) is 45.3 Å². The van der Waals surface area contributed by atoms with Gasteiger partial charge in [-0.25, -0.2) is 0 Å². The standard InChI is InChI=1S/C19H17ClN2O4S/c1-3-21-19-22(4-2)17(23)16(27-19)10-12-6-8-15(26-12)13-9-11(18(24)25)5-7-14(13)20/h5-10H,3-4H2,1-2H3,(H,24,25)/p-1/b16-10-,21-19?. The molecule has 6 nitrogen and oxygen atoms in total. The summed E-state index contributed by atoms with van der Waals surface area (Å²) in [6.07, 6.45) is 1.65. The summed E-state index contributed by atoms with van der Waals surface area (Å²) in [5.41, 5.74) is 0.447. The maximum Gasteiger partial charge on any atom is 0.266 e. The Kier molecular flexibility index (Phi) is 5.72. The summed E-state index contributed by atoms with van der Waals surface area (Å²) in [6.45, 7) is 4.94.